The number of amides is 1. The summed E-state index contributed by atoms with van der Waals surface area (Å²) < 4.78 is 22.7. The first-order valence-electron chi connectivity index (χ1n) is 9.87. The van der Waals surface area contributed by atoms with E-state index in [1.807, 2.05) is 29.2 Å². The number of aryl methyl sites for hydroxylation is 1. The van der Waals surface area contributed by atoms with Crippen molar-refractivity contribution in [3.63, 3.8) is 0 Å². The Bertz CT molecular complexity index is 1000. The second kappa shape index (κ2) is 9.21. The van der Waals surface area contributed by atoms with Crippen molar-refractivity contribution in [1.29, 1.82) is 0 Å². The molecule has 0 saturated carbocycles. The average molecular weight is 427 g/mol. The lowest BCUT2D eigenvalue weighted by Gasteiger charge is -2.34. The first-order chi connectivity index (χ1) is 14.6. The third-order valence-electron chi connectivity index (χ3n) is 5.18. The molecule has 0 atom stereocenters. The summed E-state index contributed by atoms with van der Waals surface area (Å²) in [7, 11) is 1.64. The smallest absolute Gasteiger partial charge is 0.223 e. The topological polar surface area (TPSA) is 58.6 Å². The van der Waals surface area contributed by atoms with Gasteiger partial charge in [0.1, 0.15) is 11.6 Å². The number of hydrogen-bond acceptors (Lipinski definition) is 6. The van der Waals surface area contributed by atoms with E-state index in [0.29, 0.717) is 31.8 Å². The van der Waals surface area contributed by atoms with Gasteiger partial charge in [0.05, 0.1) is 7.11 Å². The Morgan fingerprint density at radius 2 is 1.90 bits per heavy atom. The fourth-order valence-corrected chi connectivity index (χ4v) is 4.18. The lowest BCUT2D eigenvalue weighted by Crippen LogP contribution is -2.48. The van der Waals surface area contributed by atoms with Crippen LogP contribution in [0.5, 0.6) is 5.75 Å². The SMILES string of the molecule is COc1cccc(CCC(=O)N2CCN(c3nc(-c4ccc(F)cc4)ns3)CC2)c1. The summed E-state index contributed by atoms with van der Waals surface area (Å²) in [5, 5.41) is 0.831. The van der Waals surface area contributed by atoms with Crippen LogP contribution in [0.15, 0.2) is 48.5 Å². The minimum atomic E-state index is -0.276. The molecule has 0 radical (unpaired) electrons. The van der Waals surface area contributed by atoms with Crippen LogP contribution in [0.1, 0.15) is 12.0 Å². The van der Waals surface area contributed by atoms with E-state index in [1.54, 1.807) is 19.2 Å². The van der Waals surface area contributed by atoms with E-state index >= 15 is 0 Å². The molecular formula is C22H23FN4O2S. The first kappa shape index (κ1) is 20.3. The number of carbonyl (C=O) groups excluding carboxylic acids is 1. The van der Waals surface area contributed by atoms with Crippen molar-refractivity contribution in [2.45, 2.75) is 12.8 Å². The predicted octanol–water partition coefficient (Wildman–Crippen LogP) is 3.63. The number of ether oxygens (including phenoxy) is 1. The molecule has 4 rings (SSSR count). The number of halogens is 1. The van der Waals surface area contributed by atoms with Gasteiger partial charge in [0.2, 0.25) is 11.0 Å². The number of benzene rings is 2. The van der Waals surface area contributed by atoms with E-state index in [-0.39, 0.29) is 11.7 Å². The number of nitrogens with zero attached hydrogens (tertiary/aromatic N) is 4. The maximum absolute atomic E-state index is 13.1. The van der Waals surface area contributed by atoms with Crippen LogP contribution in [0.25, 0.3) is 11.4 Å². The molecule has 1 aliphatic heterocycles. The summed E-state index contributed by atoms with van der Waals surface area (Å²) in [6, 6.07) is 14.0. The van der Waals surface area contributed by atoms with E-state index in [4.69, 9.17) is 4.74 Å². The summed E-state index contributed by atoms with van der Waals surface area (Å²) >= 11 is 1.33. The second-order valence-corrected chi connectivity index (χ2v) is 7.86. The highest BCUT2D eigenvalue weighted by Crippen LogP contribution is 2.25. The van der Waals surface area contributed by atoms with Gasteiger partial charge in [0.25, 0.3) is 0 Å². The molecule has 1 aliphatic rings. The number of carbonyl (C=O) groups is 1. The highest BCUT2D eigenvalue weighted by molar-refractivity contribution is 7.09. The fourth-order valence-electron chi connectivity index (χ4n) is 3.44. The Hall–Kier alpha value is -3.00. The van der Waals surface area contributed by atoms with E-state index in [0.717, 1.165) is 35.1 Å². The number of piperazine rings is 1. The molecule has 6 nitrogen and oxygen atoms in total. The first-order valence-corrected chi connectivity index (χ1v) is 10.6. The monoisotopic (exact) mass is 426 g/mol. The Balaban J connectivity index is 1.29. The van der Waals surface area contributed by atoms with E-state index in [2.05, 4.69) is 14.3 Å². The molecule has 2 aromatic carbocycles. The Morgan fingerprint density at radius 1 is 1.13 bits per heavy atom. The van der Waals surface area contributed by atoms with Crippen LogP contribution in [-0.4, -0.2) is 53.5 Å². The van der Waals surface area contributed by atoms with Crippen molar-refractivity contribution in [3.8, 4) is 17.1 Å². The Morgan fingerprint density at radius 3 is 2.63 bits per heavy atom. The van der Waals surface area contributed by atoms with Gasteiger partial charge in [0.15, 0.2) is 5.82 Å². The number of methoxy groups -OCH3 is 1. The normalized spacial score (nSPS) is 14.1. The minimum absolute atomic E-state index is 0.168. The number of hydrogen-bond donors (Lipinski definition) is 0. The standard InChI is InChI=1S/C22H23FN4O2S/c1-29-19-4-2-3-16(15-19)5-10-20(28)26-11-13-27(14-12-26)22-24-21(25-30-22)17-6-8-18(23)9-7-17/h2-4,6-9,15H,5,10-14H2,1H3. The quantitative estimate of drug-likeness (QED) is 0.602. The molecule has 0 bridgehead atoms. The summed E-state index contributed by atoms with van der Waals surface area (Å²) in [5.74, 6) is 1.31. The third kappa shape index (κ3) is 4.76. The molecule has 0 aliphatic carbocycles. The summed E-state index contributed by atoms with van der Waals surface area (Å²) in [4.78, 5) is 21.3. The van der Waals surface area contributed by atoms with Gasteiger partial charge < -0.3 is 14.5 Å². The van der Waals surface area contributed by atoms with Gasteiger partial charge in [-0.1, -0.05) is 12.1 Å². The molecule has 1 amide bonds. The van der Waals surface area contributed by atoms with Crippen LogP contribution >= 0.6 is 11.5 Å². The Labute approximate surface area is 179 Å². The zero-order chi connectivity index (χ0) is 20.9. The van der Waals surface area contributed by atoms with Crippen molar-refractivity contribution in [1.82, 2.24) is 14.3 Å². The minimum Gasteiger partial charge on any atom is -0.497 e. The van der Waals surface area contributed by atoms with Gasteiger partial charge in [-0.3, -0.25) is 4.79 Å². The third-order valence-corrected chi connectivity index (χ3v) is 5.96. The van der Waals surface area contributed by atoms with Crippen molar-refractivity contribution >= 4 is 22.6 Å². The van der Waals surface area contributed by atoms with Crippen molar-refractivity contribution in [3.05, 3.63) is 59.9 Å². The molecule has 0 spiro atoms. The lowest BCUT2D eigenvalue weighted by molar-refractivity contribution is -0.131. The van der Waals surface area contributed by atoms with E-state index < -0.39 is 0 Å². The van der Waals surface area contributed by atoms with Crippen LogP contribution < -0.4 is 9.64 Å². The van der Waals surface area contributed by atoms with Crippen LogP contribution in [0.2, 0.25) is 0 Å². The van der Waals surface area contributed by atoms with Gasteiger partial charge in [-0.05, 0) is 48.4 Å². The largest absolute Gasteiger partial charge is 0.497 e. The van der Waals surface area contributed by atoms with Crippen LogP contribution in [-0.2, 0) is 11.2 Å². The highest BCUT2D eigenvalue weighted by atomic mass is 32.1. The predicted molar refractivity (Wildman–Crippen MR) is 115 cm³/mol. The average Bonchev–Trinajstić information content (AvgIpc) is 3.28. The molecule has 2 heterocycles. The van der Waals surface area contributed by atoms with Gasteiger partial charge in [-0.15, -0.1) is 0 Å². The fraction of sp³-hybridized carbons (Fsp3) is 0.318. The maximum Gasteiger partial charge on any atom is 0.223 e. The zero-order valence-electron chi connectivity index (χ0n) is 16.8. The molecular weight excluding hydrogens is 403 g/mol. The summed E-state index contributed by atoms with van der Waals surface area (Å²) in [6.07, 6.45) is 1.19. The van der Waals surface area contributed by atoms with Gasteiger partial charge >= 0.3 is 0 Å². The zero-order valence-corrected chi connectivity index (χ0v) is 17.6. The van der Waals surface area contributed by atoms with Crippen molar-refractivity contribution in [2.75, 3.05) is 38.2 Å². The molecule has 156 valence electrons. The molecule has 1 saturated heterocycles. The molecule has 1 aromatic heterocycles. The number of rotatable bonds is 6. The molecule has 3 aromatic rings. The lowest BCUT2D eigenvalue weighted by atomic mass is 10.1. The molecule has 8 heteroatoms. The Kier molecular flexibility index (Phi) is 6.23. The van der Waals surface area contributed by atoms with Crippen molar-refractivity contribution in [2.24, 2.45) is 0 Å². The maximum atomic E-state index is 13.1. The summed E-state index contributed by atoms with van der Waals surface area (Å²) in [6.45, 7) is 2.79. The summed E-state index contributed by atoms with van der Waals surface area (Å²) in [5.41, 5.74) is 1.90. The van der Waals surface area contributed by atoms with E-state index in [9.17, 15) is 9.18 Å². The molecule has 30 heavy (non-hydrogen) atoms. The van der Waals surface area contributed by atoms with Gasteiger partial charge in [-0.25, -0.2) is 4.39 Å². The van der Waals surface area contributed by atoms with Crippen LogP contribution in [0.4, 0.5) is 9.52 Å². The second-order valence-electron chi connectivity index (χ2n) is 7.13. The molecule has 0 unspecified atom stereocenters. The highest BCUT2D eigenvalue weighted by Gasteiger charge is 2.23. The van der Waals surface area contributed by atoms with Gasteiger partial charge in [-0.2, -0.15) is 9.36 Å². The van der Waals surface area contributed by atoms with E-state index in [1.165, 1.54) is 23.7 Å². The molecule has 0 N–H and O–H groups in total. The van der Waals surface area contributed by atoms with Gasteiger partial charge in [0, 0.05) is 49.7 Å². The van der Waals surface area contributed by atoms with Crippen LogP contribution in [0.3, 0.4) is 0 Å². The van der Waals surface area contributed by atoms with Crippen LogP contribution in [0, 0.1) is 5.82 Å². The molecule has 1 fully saturated rings. The number of aromatic nitrogens is 2. The van der Waals surface area contributed by atoms with Crippen molar-refractivity contribution < 1.29 is 13.9 Å². The number of anilines is 1.